The molecular formula is C19H30ClN5O3S. The van der Waals surface area contributed by atoms with Crippen molar-refractivity contribution in [3.05, 3.63) is 29.3 Å². The Balaban J connectivity index is 1.53. The minimum atomic E-state index is -3.59. The Bertz CT molecular complexity index is 799. The van der Waals surface area contributed by atoms with Crippen LogP contribution in [-0.4, -0.2) is 89.2 Å². The molecule has 1 aromatic rings. The fraction of sp³-hybridized carbons (Fsp3) is 0.632. The van der Waals surface area contributed by atoms with E-state index in [-0.39, 0.29) is 11.4 Å². The zero-order valence-corrected chi connectivity index (χ0v) is 18.4. The summed E-state index contributed by atoms with van der Waals surface area (Å²) in [4.78, 5) is 9.54. The van der Waals surface area contributed by atoms with E-state index in [0.29, 0.717) is 17.6 Å². The molecule has 1 atom stereocenters. The molecule has 1 unspecified atom stereocenters. The molecule has 0 bridgehead atoms. The second-order valence-corrected chi connectivity index (χ2v) is 9.33. The molecule has 10 heteroatoms. The number of halogens is 1. The number of nitrogens with zero attached hydrogens (tertiary/aromatic N) is 3. The summed E-state index contributed by atoms with van der Waals surface area (Å²) in [5.74, 6) is 0.838. The van der Waals surface area contributed by atoms with Crippen LogP contribution in [0.4, 0.5) is 0 Å². The summed E-state index contributed by atoms with van der Waals surface area (Å²) in [7, 11) is -3.59. The van der Waals surface area contributed by atoms with Crippen LogP contribution in [0.3, 0.4) is 0 Å². The first kappa shape index (κ1) is 22.3. The van der Waals surface area contributed by atoms with E-state index in [4.69, 9.17) is 16.3 Å². The molecule has 1 aromatic carbocycles. The number of aliphatic imine (C=N–C) groups is 1. The van der Waals surface area contributed by atoms with Gasteiger partial charge in [-0.05, 0) is 31.5 Å². The fourth-order valence-electron chi connectivity index (χ4n) is 3.66. The molecule has 0 aromatic heterocycles. The lowest BCUT2D eigenvalue weighted by molar-refractivity contribution is 0.0195. The number of sulfonamides is 1. The summed E-state index contributed by atoms with van der Waals surface area (Å²) in [5.41, 5.74) is 0. The van der Waals surface area contributed by atoms with Crippen LogP contribution in [0.25, 0.3) is 0 Å². The first-order chi connectivity index (χ1) is 14.0. The number of ether oxygens (including phenoxy) is 1. The predicted molar refractivity (Wildman–Crippen MR) is 115 cm³/mol. The summed E-state index contributed by atoms with van der Waals surface area (Å²) < 4.78 is 32.8. The van der Waals surface area contributed by atoms with Crippen LogP contribution >= 0.6 is 11.6 Å². The van der Waals surface area contributed by atoms with Gasteiger partial charge in [0.15, 0.2) is 5.96 Å². The summed E-state index contributed by atoms with van der Waals surface area (Å²) in [6, 6.07) is 6.75. The SMILES string of the molecule is CCNC(=NCCNS(=O)(=O)c1cccc(Cl)c1)N1CCC(N2CCOCC2)C1. The Hall–Kier alpha value is -1.39. The maximum atomic E-state index is 12.4. The largest absolute Gasteiger partial charge is 0.379 e. The van der Waals surface area contributed by atoms with Crippen molar-refractivity contribution in [2.45, 2.75) is 24.3 Å². The minimum absolute atomic E-state index is 0.161. The van der Waals surface area contributed by atoms with Gasteiger partial charge in [0.2, 0.25) is 10.0 Å². The topological polar surface area (TPSA) is 86.3 Å². The van der Waals surface area contributed by atoms with Crippen molar-refractivity contribution in [2.75, 3.05) is 59.0 Å². The summed E-state index contributed by atoms with van der Waals surface area (Å²) in [6.07, 6.45) is 1.10. The monoisotopic (exact) mass is 443 g/mol. The van der Waals surface area contributed by atoms with E-state index in [2.05, 4.69) is 24.8 Å². The molecule has 2 heterocycles. The van der Waals surface area contributed by atoms with E-state index >= 15 is 0 Å². The van der Waals surface area contributed by atoms with Gasteiger partial charge in [0.1, 0.15) is 0 Å². The summed E-state index contributed by atoms with van der Waals surface area (Å²) in [5, 5.41) is 3.72. The minimum Gasteiger partial charge on any atom is -0.379 e. The fourth-order valence-corrected chi connectivity index (χ4v) is 4.98. The highest BCUT2D eigenvalue weighted by Crippen LogP contribution is 2.17. The predicted octanol–water partition coefficient (Wildman–Crippen LogP) is 0.990. The number of rotatable bonds is 7. The van der Waals surface area contributed by atoms with Crippen LogP contribution in [0.2, 0.25) is 5.02 Å². The van der Waals surface area contributed by atoms with E-state index in [9.17, 15) is 8.42 Å². The van der Waals surface area contributed by atoms with Crippen LogP contribution in [-0.2, 0) is 14.8 Å². The van der Waals surface area contributed by atoms with Gasteiger partial charge in [0, 0.05) is 50.3 Å². The highest BCUT2D eigenvalue weighted by atomic mass is 35.5. The van der Waals surface area contributed by atoms with Gasteiger partial charge in [-0.2, -0.15) is 0 Å². The quantitative estimate of drug-likeness (QED) is 0.371. The molecule has 2 fully saturated rings. The average molecular weight is 444 g/mol. The van der Waals surface area contributed by atoms with Crippen molar-refractivity contribution in [1.29, 1.82) is 0 Å². The standard InChI is InChI=1S/C19H30ClN5O3S/c1-2-21-19(25-9-6-17(15-25)24-10-12-28-13-11-24)22-7-8-23-29(26,27)18-5-3-4-16(20)14-18/h3-5,14,17,23H,2,6-13,15H2,1H3,(H,21,22). The highest BCUT2D eigenvalue weighted by Gasteiger charge is 2.30. The van der Waals surface area contributed by atoms with Crippen molar-refractivity contribution in [2.24, 2.45) is 4.99 Å². The number of hydrogen-bond acceptors (Lipinski definition) is 5. The molecule has 0 amide bonds. The van der Waals surface area contributed by atoms with Crippen LogP contribution in [0.1, 0.15) is 13.3 Å². The lowest BCUT2D eigenvalue weighted by atomic mass is 10.2. The molecule has 3 rings (SSSR count). The third kappa shape index (κ3) is 6.29. The van der Waals surface area contributed by atoms with Crippen molar-refractivity contribution in [3.63, 3.8) is 0 Å². The Morgan fingerprint density at radius 2 is 2.10 bits per heavy atom. The third-order valence-electron chi connectivity index (χ3n) is 5.13. The van der Waals surface area contributed by atoms with E-state index in [1.807, 2.05) is 6.92 Å². The van der Waals surface area contributed by atoms with Crippen LogP contribution < -0.4 is 10.0 Å². The average Bonchev–Trinajstić information content (AvgIpc) is 3.21. The van der Waals surface area contributed by atoms with Crippen molar-refractivity contribution >= 4 is 27.6 Å². The van der Waals surface area contributed by atoms with Gasteiger partial charge in [-0.3, -0.25) is 9.89 Å². The maximum absolute atomic E-state index is 12.4. The van der Waals surface area contributed by atoms with E-state index in [1.165, 1.54) is 12.1 Å². The van der Waals surface area contributed by atoms with Gasteiger partial charge in [0.25, 0.3) is 0 Å². The van der Waals surface area contributed by atoms with E-state index in [1.54, 1.807) is 12.1 Å². The zero-order valence-electron chi connectivity index (χ0n) is 16.8. The van der Waals surface area contributed by atoms with E-state index in [0.717, 1.165) is 58.3 Å². The van der Waals surface area contributed by atoms with Crippen LogP contribution in [0.15, 0.2) is 34.2 Å². The van der Waals surface area contributed by atoms with Crippen LogP contribution in [0, 0.1) is 0 Å². The molecule has 0 aliphatic carbocycles. The molecule has 0 saturated carbocycles. The molecule has 2 aliphatic heterocycles. The molecule has 162 valence electrons. The molecule has 0 spiro atoms. The maximum Gasteiger partial charge on any atom is 0.240 e. The molecular weight excluding hydrogens is 414 g/mol. The van der Waals surface area contributed by atoms with Crippen molar-refractivity contribution in [1.82, 2.24) is 19.8 Å². The van der Waals surface area contributed by atoms with Gasteiger partial charge >= 0.3 is 0 Å². The van der Waals surface area contributed by atoms with Gasteiger partial charge in [0.05, 0.1) is 24.7 Å². The van der Waals surface area contributed by atoms with Gasteiger partial charge in [-0.25, -0.2) is 13.1 Å². The van der Waals surface area contributed by atoms with Crippen molar-refractivity contribution < 1.29 is 13.2 Å². The third-order valence-corrected chi connectivity index (χ3v) is 6.83. The number of hydrogen-bond donors (Lipinski definition) is 2. The number of benzene rings is 1. The van der Waals surface area contributed by atoms with Gasteiger partial charge in [-0.1, -0.05) is 17.7 Å². The number of morpholine rings is 1. The van der Waals surface area contributed by atoms with E-state index < -0.39 is 10.0 Å². The molecule has 2 aliphatic rings. The molecule has 2 N–H and O–H groups in total. The Labute approximate surface area is 178 Å². The number of guanidine groups is 1. The molecule has 8 nitrogen and oxygen atoms in total. The lowest BCUT2D eigenvalue weighted by Crippen LogP contribution is -2.46. The number of likely N-dealkylation sites (tertiary alicyclic amines) is 1. The second kappa shape index (κ2) is 10.6. The lowest BCUT2D eigenvalue weighted by Gasteiger charge is -2.32. The highest BCUT2D eigenvalue weighted by molar-refractivity contribution is 7.89. The zero-order chi connectivity index (χ0) is 20.7. The summed E-state index contributed by atoms with van der Waals surface area (Å²) >= 11 is 5.89. The summed E-state index contributed by atoms with van der Waals surface area (Å²) in [6.45, 7) is 8.84. The van der Waals surface area contributed by atoms with Crippen molar-refractivity contribution in [3.8, 4) is 0 Å². The van der Waals surface area contributed by atoms with Crippen LogP contribution in [0.5, 0.6) is 0 Å². The molecule has 2 saturated heterocycles. The normalized spacial score (nSPS) is 21.5. The Kier molecular flexibility index (Phi) is 8.14. The molecule has 0 radical (unpaired) electrons. The second-order valence-electron chi connectivity index (χ2n) is 7.13. The Morgan fingerprint density at radius 3 is 2.83 bits per heavy atom. The first-order valence-electron chi connectivity index (χ1n) is 10.1. The first-order valence-corrected chi connectivity index (χ1v) is 12.0. The smallest absolute Gasteiger partial charge is 0.240 e. The van der Waals surface area contributed by atoms with Gasteiger partial charge in [-0.15, -0.1) is 0 Å². The Morgan fingerprint density at radius 1 is 1.31 bits per heavy atom. The molecule has 29 heavy (non-hydrogen) atoms. The number of nitrogens with one attached hydrogen (secondary N) is 2. The van der Waals surface area contributed by atoms with Gasteiger partial charge < -0.3 is 15.0 Å².